The summed E-state index contributed by atoms with van der Waals surface area (Å²) >= 11 is 13.2. The Morgan fingerprint density at radius 2 is 1.77 bits per heavy atom. The first-order valence-corrected chi connectivity index (χ1v) is 15.7. The van der Waals surface area contributed by atoms with Gasteiger partial charge < -0.3 is 20.1 Å². The molecule has 8 rings (SSSR count). The normalized spacial score (nSPS) is 23.0. The van der Waals surface area contributed by atoms with Gasteiger partial charge in [0.2, 0.25) is 0 Å². The molecule has 5 heterocycles. The molecule has 4 saturated heterocycles. The van der Waals surface area contributed by atoms with Crippen LogP contribution in [0, 0.1) is 11.6 Å². The van der Waals surface area contributed by atoms with Gasteiger partial charge in [0, 0.05) is 41.5 Å². The number of hydrogen-bond acceptors (Lipinski definition) is 7. The summed E-state index contributed by atoms with van der Waals surface area (Å²) in [7, 11) is 0. The lowest BCUT2D eigenvalue weighted by Crippen LogP contribution is -2.51. The third-order valence-corrected chi connectivity index (χ3v) is 10.6. The minimum atomic E-state index is -0.706. The van der Waals surface area contributed by atoms with Gasteiger partial charge in [0.15, 0.2) is 5.82 Å². The van der Waals surface area contributed by atoms with Crippen LogP contribution >= 0.6 is 23.2 Å². The number of anilines is 1. The van der Waals surface area contributed by atoms with Crippen LogP contribution in [0.3, 0.4) is 0 Å². The number of ether oxygens (including phenoxy) is 1. The lowest BCUT2D eigenvalue weighted by molar-refractivity contribution is 0.108. The molecule has 43 heavy (non-hydrogen) atoms. The van der Waals surface area contributed by atoms with Crippen molar-refractivity contribution in [3.05, 3.63) is 52.0 Å². The third kappa shape index (κ3) is 4.50. The Morgan fingerprint density at radius 3 is 2.51 bits per heavy atom. The molecule has 11 heteroatoms. The molecule has 0 saturated carbocycles. The lowest BCUT2D eigenvalue weighted by atomic mass is 9.95. The van der Waals surface area contributed by atoms with Gasteiger partial charge in [-0.15, -0.1) is 0 Å². The van der Waals surface area contributed by atoms with Crippen molar-refractivity contribution in [2.24, 2.45) is 0 Å². The van der Waals surface area contributed by atoms with Gasteiger partial charge in [0.05, 0.1) is 15.6 Å². The second-order valence-electron chi connectivity index (χ2n) is 12.5. The molecule has 2 atom stereocenters. The number of piperazine rings is 1. The number of aromatic hydroxyl groups is 1. The van der Waals surface area contributed by atoms with Crippen LogP contribution in [0.15, 0.2) is 30.3 Å². The molecular weight excluding hydrogens is 595 g/mol. The molecule has 3 aromatic carbocycles. The SMILES string of the molecule is Oc1cc(-c2c(Cl)cc3c(N4C[C@H]5CC[C@@H](C4)N5)nc(OCC45CCCN4CCC5)nc3c2F)c2c(Cl)c(F)ccc2c1. The van der Waals surface area contributed by atoms with Gasteiger partial charge in [0.1, 0.15) is 29.5 Å². The van der Waals surface area contributed by atoms with Crippen LogP contribution in [0.2, 0.25) is 10.0 Å². The number of phenolic OH excluding ortho intramolecular Hbond substituents is 1. The van der Waals surface area contributed by atoms with Crippen LogP contribution in [0.4, 0.5) is 14.6 Å². The number of benzene rings is 3. The van der Waals surface area contributed by atoms with Crippen molar-refractivity contribution in [3.63, 3.8) is 0 Å². The van der Waals surface area contributed by atoms with Gasteiger partial charge in [-0.25, -0.2) is 8.78 Å². The predicted octanol–water partition coefficient (Wildman–Crippen LogP) is 6.69. The van der Waals surface area contributed by atoms with Gasteiger partial charge in [-0.2, -0.15) is 9.97 Å². The maximum Gasteiger partial charge on any atom is 0.319 e. The fourth-order valence-corrected chi connectivity index (χ4v) is 8.49. The number of halogens is 4. The van der Waals surface area contributed by atoms with E-state index in [0.29, 0.717) is 35.3 Å². The van der Waals surface area contributed by atoms with E-state index in [1.807, 2.05) is 0 Å². The maximum atomic E-state index is 16.9. The molecule has 1 aromatic heterocycles. The monoisotopic (exact) mass is 625 g/mol. The molecule has 4 aliphatic heterocycles. The molecule has 0 radical (unpaired) electrons. The van der Waals surface area contributed by atoms with Gasteiger partial charge in [0.25, 0.3) is 0 Å². The Labute approximate surface area is 257 Å². The van der Waals surface area contributed by atoms with Crippen molar-refractivity contribution in [2.45, 2.75) is 56.1 Å². The Kier molecular flexibility index (Phi) is 6.60. The number of hydrogen-bond donors (Lipinski definition) is 2. The lowest BCUT2D eigenvalue weighted by Gasteiger charge is -2.35. The summed E-state index contributed by atoms with van der Waals surface area (Å²) in [5.41, 5.74) is 0.187. The fraction of sp³-hybridized carbons (Fsp3) is 0.438. The summed E-state index contributed by atoms with van der Waals surface area (Å²) in [5, 5.41) is 15.3. The van der Waals surface area contributed by atoms with E-state index in [2.05, 4.69) is 20.1 Å². The number of aromatic nitrogens is 2. The Hall–Kier alpha value is -2.98. The van der Waals surface area contributed by atoms with E-state index < -0.39 is 11.6 Å². The molecule has 0 unspecified atom stereocenters. The molecule has 224 valence electrons. The zero-order chi connectivity index (χ0) is 29.5. The molecule has 2 bridgehead atoms. The second-order valence-corrected chi connectivity index (χ2v) is 13.3. The standard InChI is InChI=1S/C32H31Cl2F2N5O2/c33-23-13-22-29(28(36)26(23)21-12-20(42)11-17-3-6-24(35)27(34)25(17)21)38-31(43-16-32-7-1-9-41(32)10-2-8-32)39-30(22)40-14-18-4-5-19(15-40)37-18/h3,6,11-13,18-19,37,42H,1-2,4-5,7-10,14-16H2/t18-,19+. The van der Waals surface area contributed by atoms with Crippen LogP contribution < -0.4 is 15.0 Å². The first-order chi connectivity index (χ1) is 20.8. The van der Waals surface area contributed by atoms with Crippen molar-refractivity contribution in [2.75, 3.05) is 37.7 Å². The number of phenols is 1. The molecule has 4 aliphatic rings. The summed E-state index contributed by atoms with van der Waals surface area (Å²) in [6.45, 7) is 4.03. The summed E-state index contributed by atoms with van der Waals surface area (Å²) in [4.78, 5) is 14.2. The van der Waals surface area contributed by atoms with E-state index >= 15 is 4.39 Å². The zero-order valence-corrected chi connectivity index (χ0v) is 25.0. The molecule has 0 amide bonds. The third-order valence-electron chi connectivity index (χ3n) is 9.90. The topological polar surface area (TPSA) is 73.8 Å². The summed E-state index contributed by atoms with van der Waals surface area (Å²) in [5.74, 6) is -0.897. The summed E-state index contributed by atoms with van der Waals surface area (Å²) in [6, 6.07) is 7.95. The smallest absolute Gasteiger partial charge is 0.319 e. The zero-order valence-electron chi connectivity index (χ0n) is 23.5. The van der Waals surface area contributed by atoms with Crippen LogP contribution in [0.5, 0.6) is 11.8 Å². The molecular formula is C32H31Cl2F2N5O2. The Morgan fingerprint density at radius 1 is 1.02 bits per heavy atom. The summed E-state index contributed by atoms with van der Waals surface area (Å²) < 4.78 is 37.8. The molecule has 7 nitrogen and oxygen atoms in total. The molecule has 4 aromatic rings. The van der Waals surface area contributed by atoms with Gasteiger partial charge >= 0.3 is 6.01 Å². The average Bonchev–Trinajstić information content (AvgIpc) is 3.67. The highest BCUT2D eigenvalue weighted by atomic mass is 35.5. The van der Waals surface area contributed by atoms with Crippen LogP contribution in [-0.4, -0.2) is 70.4 Å². The highest BCUT2D eigenvalue weighted by molar-refractivity contribution is 6.38. The van der Waals surface area contributed by atoms with E-state index in [4.69, 9.17) is 32.9 Å². The predicted molar refractivity (Wildman–Crippen MR) is 165 cm³/mol. The average molecular weight is 627 g/mol. The van der Waals surface area contributed by atoms with E-state index in [9.17, 15) is 9.50 Å². The van der Waals surface area contributed by atoms with Gasteiger partial charge in [-0.3, -0.25) is 4.90 Å². The number of rotatable bonds is 5. The fourth-order valence-electron chi connectivity index (χ4n) is 7.92. The van der Waals surface area contributed by atoms with Gasteiger partial charge in [-0.1, -0.05) is 29.3 Å². The number of fused-ring (bicyclic) bond motifs is 5. The van der Waals surface area contributed by atoms with Crippen LogP contribution in [-0.2, 0) is 0 Å². The van der Waals surface area contributed by atoms with Crippen LogP contribution in [0.1, 0.15) is 38.5 Å². The van der Waals surface area contributed by atoms with E-state index in [1.54, 1.807) is 6.07 Å². The first kappa shape index (κ1) is 27.6. The molecule has 0 aliphatic carbocycles. The largest absolute Gasteiger partial charge is 0.508 e. The highest BCUT2D eigenvalue weighted by Gasteiger charge is 2.45. The van der Waals surface area contributed by atoms with Crippen molar-refractivity contribution in [1.82, 2.24) is 20.2 Å². The van der Waals surface area contributed by atoms with Crippen molar-refractivity contribution in [1.29, 1.82) is 0 Å². The number of nitrogens with one attached hydrogen (secondary N) is 1. The molecule has 4 fully saturated rings. The Bertz CT molecular complexity index is 1770. The van der Waals surface area contributed by atoms with Crippen molar-refractivity contribution >= 4 is 50.7 Å². The quantitative estimate of drug-likeness (QED) is 0.256. The minimum absolute atomic E-state index is 0.0186. The van der Waals surface area contributed by atoms with Gasteiger partial charge in [-0.05, 0) is 86.8 Å². The van der Waals surface area contributed by atoms with Crippen molar-refractivity contribution < 1.29 is 18.6 Å². The number of nitrogens with zero attached hydrogens (tertiary/aromatic N) is 4. The molecule has 2 N–H and O–H groups in total. The second kappa shape index (κ2) is 10.3. The van der Waals surface area contributed by atoms with E-state index in [1.165, 1.54) is 24.3 Å². The summed E-state index contributed by atoms with van der Waals surface area (Å²) in [6.07, 6.45) is 6.54. The first-order valence-electron chi connectivity index (χ1n) is 15.0. The minimum Gasteiger partial charge on any atom is -0.508 e. The molecule has 0 spiro atoms. The van der Waals surface area contributed by atoms with Crippen molar-refractivity contribution in [3.8, 4) is 22.9 Å². The van der Waals surface area contributed by atoms with E-state index in [0.717, 1.165) is 64.7 Å². The highest BCUT2D eigenvalue weighted by Crippen LogP contribution is 2.45. The van der Waals surface area contributed by atoms with Crippen LogP contribution in [0.25, 0.3) is 32.8 Å². The Balaban J connectivity index is 1.30. The van der Waals surface area contributed by atoms with E-state index in [-0.39, 0.29) is 49.4 Å². The maximum absolute atomic E-state index is 16.9.